The maximum Gasteiger partial charge on any atom is 0.258 e. The Kier molecular flexibility index (Phi) is 6.33. The van der Waals surface area contributed by atoms with Gasteiger partial charge in [-0.05, 0) is 55.5 Å². The number of ether oxygens (including phenoxy) is 1. The van der Waals surface area contributed by atoms with Gasteiger partial charge in [0.15, 0.2) is 11.0 Å². The number of para-hydroxylation sites is 1. The summed E-state index contributed by atoms with van der Waals surface area (Å²) in [5.41, 5.74) is 2.23. The number of nitrogens with one attached hydrogen (secondary N) is 1. The fourth-order valence-electron chi connectivity index (χ4n) is 3.60. The zero-order chi connectivity index (χ0) is 23.5. The van der Waals surface area contributed by atoms with Gasteiger partial charge in [0.05, 0.1) is 23.3 Å². The second kappa shape index (κ2) is 9.70. The van der Waals surface area contributed by atoms with E-state index in [1.54, 1.807) is 6.07 Å². The molecule has 0 atom stereocenters. The molecule has 170 valence electrons. The van der Waals surface area contributed by atoms with E-state index in [1.165, 1.54) is 11.8 Å². The van der Waals surface area contributed by atoms with Gasteiger partial charge in [0.2, 0.25) is 0 Å². The van der Waals surface area contributed by atoms with E-state index in [1.807, 2.05) is 78.2 Å². The van der Waals surface area contributed by atoms with E-state index in [0.29, 0.717) is 45.1 Å². The smallest absolute Gasteiger partial charge is 0.258 e. The fourth-order valence-corrected chi connectivity index (χ4v) is 4.62. The molecule has 2 heterocycles. The van der Waals surface area contributed by atoms with Gasteiger partial charge in [0, 0.05) is 16.3 Å². The van der Waals surface area contributed by atoms with E-state index in [4.69, 9.17) is 16.3 Å². The summed E-state index contributed by atoms with van der Waals surface area (Å²) < 4.78 is 7.55. The Morgan fingerprint density at radius 2 is 1.85 bits per heavy atom. The van der Waals surface area contributed by atoms with Crippen LogP contribution in [-0.4, -0.2) is 31.3 Å². The second-order valence-corrected chi connectivity index (χ2v) is 8.78. The van der Waals surface area contributed by atoms with Crippen LogP contribution in [0.15, 0.2) is 82.7 Å². The van der Waals surface area contributed by atoms with Crippen LogP contribution in [0, 0.1) is 0 Å². The predicted octanol–water partition coefficient (Wildman–Crippen LogP) is 5.52. The van der Waals surface area contributed by atoms with Crippen LogP contribution in [0.2, 0.25) is 5.02 Å². The molecule has 5 rings (SSSR count). The second-order valence-electron chi connectivity index (χ2n) is 7.40. The molecule has 0 bridgehead atoms. The first-order valence-electron chi connectivity index (χ1n) is 10.7. The van der Waals surface area contributed by atoms with Crippen molar-refractivity contribution in [3.63, 3.8) is 0 Å². The summed E-state index contributed by atoms with van der Waals surface area (Å²) >= 11 is 7.68. The molecule has 0 aliphatic carbocycles. The Morgan fingerprint density at radius 1 is 1.03 bits per heavy atom. The third kappa shape index (κ3) is 4.55. The molecule has 34 heavy (non-hydrogen) atoms. The molecule has 0 saturated carbocycles. The van der Waals surface area contributed by atoms with Crippen molar-refractivity contribution in [1.82, 2.24) is 24.7 Å². The third-order valence-corrected chi connectivity index (χ3v) is 6.30. The number of benzene rings is 3. The minimum atomic E-state index is -0.159. The van der Waals surface area contributed by atoms with Crippen LogP contribution in [0.4, 0.5) is 0 Å². The van der Waals surface area contributed by atoms with Crippen LogP contribution in [0.25, 0.3) is 28.0 Å². The number of hydrogen-bond acceptors (Lipinski definition) is 6. The normalized spacial score (nSPS) is 11.1. The van der Waals surface area contributed by atoms with Gasteiger partial charge in [-0.3, -0.25) is 9.36 Å². The molecule has 0 fully saturated rings. The highest BCUT2D eigenvalue weighted by molar-refractivity contribution is 7.98. The Morgan fingerprint density at radius 3 is 2.65 bits per heavy atom. The highest BCUT2D eigenvalue weighted by atomic mass is 35.5. The van der Waals surface area contributed by atoms with Crippen molar-refractivity contribution < 1.29 is 4.74 Å². The first-order valence-corrected chi connectivity index (χ1v) is 12.0. The van der Waals surface area contributed by atoms with Crippen molar-refractivity contribution in [3.05, 3.63) is 94.0 Å². The highest BCUT2D eigenvalue weighted by Gasteiger charge is 2.17. The van der Waals surface area contributed by atoms with E-state index in [0.717, 1.165) is 17.0 Å². The molecule has 0 unspecified atom stereocenters. The SMILES string of the molecule is CCOc1ccc(-n2c(SCc3nc4ccccc4c(=O)[nH]3)nnc2-c2cccc(Cl)c2)cc1. The molecule has 3 aromatic carbocycles. The summed E-state index contributed by atoms with van der Waals surface area (Å²) in [7, 11) is 0. The number of thioether (sulfide) groups is 1. The van der Waals surface area contributed by atoms with Crippen molar-refractivity contribution in [3.8, 4) is 22.8 Å². The molecule has 0 radical (unpaired) electrons. The lowest BCUT2D eigenvalue weighted by Gasteiger charge is -2.12. The summed E-state index contributed by atoms with van der Waals surface area (Å²) in [6.45, 7) is 2.54. The van der Waals surface area contributed by atoms with Gasteiger partial charge in [-0.15, -0.1) is 10.2 Å². The van der Waals surface area contributed by atoms with Crippen LogP contribution < -0.4 is 10.3 Å². The quantitative estimate of drug-likeness (QED) is 0.303. The molecule has 5 aromatic rings. The molecular formula is C25H20ClN5O2S. The molecule has 7 nitrogen and oxygen atoms in total. The number of aromatic nitrogens is 5. The molecule has 2 aromatic heterocycles. The van der Waals surface area contributed by atoms with Crippen LogP contribution in [0.3, 0.4) is 0 Å². The van der Waals surface area contributed by atoms with Gasteiger partial charge in [0.1, 0.15) is 11.6 Å². The summed E-state index contributed by atoms with van der Waals surface area (Å²) in [6.07, 6.45) is 0. The van der Waals surface area contributed by atoms with Gasteiger partial charge in [-0.1, -0.05) is 47.6 Å². The first-order chi connectivity index (χ1) is 16.6. The van der Waals surface area contributed by atoms with Crippen molar-refractivity contribution in [2.75, 3.05) is 6.61 Å². The van der Waals surface area contributed by atoms with Gasteiger partial charge < -0.3 is 9.72 Å². The number of fused-ring (bicyclic) bond motifs is 1. The summed E-state index contributed by atoms with van der Waals surface area (Å²) in [6, 6.07) is 22.5. The Balaban J connectivity index is 1.52. The van der Waals surface area contributed by atoms with Gasteiger partial charge >= 0.3 is 0 Å². The van der Waals surface area contributed by atoms with Crippen molar-refractivity contribution in [1.29, 1.82) is 0 Å². The number of hydrogen-bond donors (Lipinski definition) is 1. The fraction of sp³-hybridized carbons (Fsp3) is 0.120. The number of rotatable bonds is 7. The molecule has 1 N–H and O–H groups in total. The summed E-state index contributed by atoms with van der Waals surface area (Å²) in [4.78, 5) is 19.9. The van der Waals surface area contributed by atoms with Gasteiger partial charge in [-0.2, -0.15) is 0 Å². The molecule has 0 saturated heterocycles. The number of aromatic amines is 1. The standard InChI is InChI=1S/C25H20ClN5O2S/c1-2-33-19-12-10-18(11-13-19)31-23(16-6-5-7-17(26)14-16)29-30-25(31)34-15-22-27-21-9-4-3-8-20(21)24(32)28-22/h3-14H,2,15H2,1H3,(H,27,28,32). The van der Waals surface area contributed by atoms with Crippen LogP contribution in [0.1, 0.15) is 12.7 Å². The number of nitrogens with zero attached hydrogens (tertiary/aromatic N) is 4. The monoisotopic (exact) mass is 489 g/mol. The number of H-pyrrole nitrogens is 1. The topological polar surface area (TPSA) is 85.7 Å². The molecule has 0 amide bonds. The van der Waals surface area contributed by atoms with E-state index < -0.39 is 0 Å². The Bertz CT molecular complexity index is 1510. The lowest BCUT2D eigenvalue weighted by atomic mass is 10.2. The lowest BCUT2D eigenvalue weighted by Crippen LogP contribution is -2.11. The Hall–Kier alpha value is -3.62. The highest BCUT2D eigenvalue weighted by Crippen LogP contribution is 2.31. The van der Waals surface area contributed by atoms with Crippen molar-refractivity contribution >= 4 is 34.3 Å². The third-order valence-electron chi connectivity index (χ3n) is 5.12. The van der Waals surface area contributed by atoms with Crippen LogP contribution >= 0.6 is 23.4 Å². The van der Waals surface area contributed by atoms with E-state index >= 15 is 0 Å². The predicted molar refractivity (Wildman–Crippen MR) is 135 cm³/mol. The molecule has 0 aliphatic heterocycles. The minimum Gasteiger partial charge on any atom is -0.494 e. The van der Waals surface area contributed by atoms with E-state index in [2.05, 4.69) is 20.2 Å². The average molecular weight is 490 g/mol. The van der Waals surface area contributed by atoms with Gasteiger partial charge in [0.25, 0.3) is 5.56 Å². The minimum absolute atomic E-state index is 0.159. The summed E-state index contributed by atoms with van der Waals surface area (Å²) in [5.74, 6) is 2.44. The molecular weight excluding hydrogens is 470 g/mol. The lowest BCUT2D eigenvalue weighted by molar-refractivity contribution is 0.340. The largest absolute Gasteiger partial charge is 0.494 e. The van der Waals surface area contributed by atoms with Gasteiger partial charge in [-0.25, -0.2) is 4.98 Å². The van der Waals surface area contributed by atoms with Crippen LogP contribution in [0.5, 0.6) is 5.75 Å². The van der Waals surface area contributed by atoms with Crippen molar-refractivity contribution in [2.45, 2.75) is 17.8 Å². The summed E-state index contributed by atoms with van der Waals surface area (Å²) in [5, 5.41) is 10.7. The zero-order valence-corrected chi connectivity index (χ0v) is 19.8. The van der Waals surface area contributed by atoms with E-state index in [-0.39, 0.29) is 5.56 Å². The average Bonchev–Trinajstić information content (AvgIpc) is 3.27. The Labute approximate surface area is 204 Å². The first kappa shape index (κ1) is 22.2. The van der Waals surface area contributed by atoms with E-state index in [9.17, 15) is 4.79 Å². The van der Waals surface area contributed by atoms with Crippen LogP contribution in [-0.2, 0) is 5.75 Å². The molecule has 0 spiro atoms. The molecule has 9 heteroatoms. The van der Waals surface area contributed by atoms with Crippen molar-refractivity contribution in [2.24, 2.45) is 0 Å². The number of halogens is 1. The maximum atomic E-state index is 12.4. The maximum absolute atomic E-state index is 12.4. The molecule has 0 aliphatic rings. The zero-order valence-electron chi connectivity index (χ0n) is 18.2.